The molecule has 2 aromatic carbocycles. The number of ether oxygens (including phenoxy) is 1. The summed E-state index contributed by atoms with van der Waals surface area (Å²) in [7, 11) is 0. The Bertz CT molecular complexity index is 1020. The lowest BCUT2D eigenvalue weighted by Gasteiger charge is -2.34. The van der Waals surface area contributed by atoms with Gasteiger partial charge in [-0.1, -0.05) is 59.6 Å². The van der Waals surface area contributed by atoms with Gasteiger partial charge in [-0.2, -0.15) is 0 Å². The summed E-state index contributed by atoms with van der Waals surface area (Å²) in [5.41, 5.74) is 1.35. The molecule has 0 bridgehead atoms. The van der Waals surface area contributed by atoms with Gasteiger partial charge in [0.1, 0.15) is 12.1 Å². The maximum absolute atomic E-state index is 12.9. The quantitative estimate of drug-likeness (QED) is 0.596. The number of piperazine rings is 1. The van der Waals surface area contributed by atoms with Crippen LogP contribution >= 0.6 is 23.2 Å². The molecule has 0 aromatic heterocycles. The zero-order valence-corrected chi connectivity index (χ0v) is 18.5. The molecule has 2 aliphatic heterocycles. The van der Waals surface area contributed by atoms with E-state index < -0.39 is 18.1 Å². The van der Waals surface area contributed by atoms with Crippen LogP contribution in [0.4, 0.5) is 10.5 Å². The lowest BCUT2D eigenvalue weighted by molar-refractivity contribution is -0.148. The highest BCUT2D eigenvalue weighted by Crippen LogP contribution is 2.29. The first-order chi connectivity index (χ1) is 15.4. The lowest BCUT2D eigenvalue weighted by atomic mass is 10.1. The highest BCUT2D eigenvalue weighted by atomic mass is 35.5. The van der Waals surface area contributed by atoms with Crippen molar-refractivity contribution < 1.29 is 19.1 Å². The Morgan fingerprint density at radius 3 is 2.69 bits per heavy atom. The van der Waals surface area contributed by atoms with Crippen LogP contribution in [-0.2, 0) is 20.9 Å². The minimum Gasteiger partial charge on any atom is -0.374 e. The van der Waals surface area contributed by atoms with Gasteiger partial charge in [-0.15, -0.1) is 0 Å². The molecule has 2 aromatic rings. The van der Waals surface area contributed by atoms with E-state index in [1.165, 1.54) is 4.90 Å². The van der Waals surface area contributed by atoms with E-state index in [1.807, 2.05) is 30.3 Å². The van der Waals surface area contributed by atoms with Gasteiger partial charge in [0, 0.05) is 6.54 Å². The number of halogens is 2. The molecule has 8 nitrogen and oxygen atoms in total. The fourth-order valence-corrected chi connectivity index (χ4v) is 4.24. The van der Waals surface area contributed by atoms with Crippen LogP contribution in [-0.4, -0.2) is 54.0 Å². The number of carbonyl (C=O) groups excluding carboxylic acids is 3. The first kappa shape index (κ1) is 22.4. The summed E-state index contributed by atoms with van der Waals surface area (Å²) in [6.07, 6.45) is 0.325. The summed E-state index contributed by atoms with van der Waals surface area (Å²) >= 11 is 12.1. The molecule has 2 heterocycles. The Hall–Kier alpha value is -2.81. The molecule has 0 saturated carbocycles. The fraction of sp³-hybridized carbons (Fsp3) is 0.318. The summed E-state index contributed by atoms with van der Waals surface area (Å²) in [6, 6.07) is 12.3. The van der Waals surface area contributed by atoms with Crippen LogP contribution in [0, 0.1) is 0 Å². The standard InChI is InChI=1S/C22H22Cl2N4O4/c23-15-7-4-8-16(19(15)24)27-22(31)25-14-9-18-20(29)26-17(21(30)28(18)10-14)12-32-11-13-5-2-1-3-6-13/h1-8,14,17-18H,9-12H2,(H,26,29)(H2,25,27,31)/t14-,17-,18-/m0/s1. The molecule has 3 N–H and O–H groups in total. The average Bonchev–Trinajstić information content (AvgIpc) is 3.20. The zero-order chi connectivity index (χ0) is 22.7. The number of hydrogen-bond donors (Lipinski definition) is 3. The third-order valence-electron chi connectivity index (χ3n) is 5.43. The highest BCUT2D eigenvalue weighted by Gasteiger charge is 2.46. The smallest absolute Gasteiger partial charge is 0.319 e. The number of fused-ring (bicyclic) bond motifs is 1. The summed E-state index contributed by atoms with van der Waals surface area (Å²) in [5, 5.41) is 8.73. The molecule has 0 spiro atoms. The second kappa shape index (κ2) is 9.77. The van der Waals surface area contributed by atoms with Gasteiger partial charge in [-0.05, 0) is 24.1 Å². The normalized spacial score (nSPS) is 22.3. The van der Waals surface area contributed by atoms with Crippen LogP contribution in [0.25, 0.3) is 0 Å². The van der Waals surface area contributed by atoms with Gasteiger partial charge in [0.2, 0.25) is 11.8 Å². The molecule has 32 heavy (non-hydrogen) atoms. The van der Waals surface area contributed by atoms with Crippen molar-refractivity contribution in [2.45, 2.75) is 31.2 Å². The van der Waals surface area contributed by atoms with E-state index in [2.05, 4.69) is 16.0 Å². The van der Waals surface area contributed by atoms with Gasteiger partial charge in [-0.3, -0.25) is 9.59 Å². The van der Waals surface area contributed by atoms with Crippen molar-refractivity contribution in [3.05, 3.63) is 64.1 Å². The predicted octanol–water partition coefficient (Wildman–Crippen LogP) is 2.80. The monoisotopic (exact) mass is 476 g/mol. The Labute approximate surface area is 195 Å². The van der Waals surface area contributed by atoms with Gasteiger partial charge in [0.05, 0.1) is 35.0 Å². The van der Waals surface area contributed by atoms with E-state index in [0.29, 0.717) is 23.7 Å². The lowest BCUT2D eigenvalue weighted by Crippen LogP contribution is -2.62. The third-order valence-corrected chi connectivity index (χ3v) is 6.25. The molecule has 10 heteroatoms. The first-order valence-corrected chi connectivity index (χ1v) is 10.9. The molecule has 2 saturated heterocycles. The Morgan fingerprint density at radius 2 is 1.91 bits per heavy atom. The van der Waals surface area contributed by atoms with E-state index in [1.54, 1.807) is 18.2 Å². The number of carbonyl (C=O) groups is 3. The van der Waals surface area contributed by atoms with E-state index in [9.17, 15) is 14.4 Å². The molecule has 0 unspecified atom stereocenters. The summed E-state index contributed by atoms with van der Waals surface area (Å²) in [4.78, 5) is 39.3. The molecule has 4 rings (SSSR count). The number of rotatable bonds is 6. The molecule has 3 atom stereocenters. The van der Waals surface area contributed by atoms with Gasteiger partial charge in [0.25, 0.3) is 0 Å². The minimum atomic E-state index is -0.750. The molecule has 4 amide bonds. The number of hydrogen-bond acceptors (Lipinski definition) is 4. The van der Waals surface area contributed by atoms with E-state index in [0.717, 1.165) is 5.56 Å². The zero-order valence-electron chi connectivity index (χ0n) is 17.0. The van der Waals surface area contributed by atoms with Crippen LogP contribution in [0.2, 0.25) is 10.0 Å². The van der Waals surface area contributed by atoms with Crippen LogP contribution < -0.4 is 16.0 Å². The molecule has 2 fully saturated rings. The van der Waals surface area contributed by atoms with Gasteiger partial charge < -0.3 is 25.6 Å². The number of urea groups is 1. The van der Waals surface area contributed by atoms with Gasteiger partial charge in [-0.25, -0.2) is 4.79 Å². The molecule has 0 radical (unpaired) electrons. The number of anilines is 1. The average molecular weight is 477 g/mol. The third kappa shape index (κ3) is 4.98. The topological polar surface area (TPSA) is 99.8 Å². The SMILES string of the molecule is O=C(Nc1cccc(Cl)c1Cl)N[C@H]1C[C@H]2C(=O)N[C@@H](COCc3ccccc3)C(=O)N2C1. The van der Waals surface area contributed by atoms with Crippen molar-refractivity contribution in [1.29, 1.82) is 0 Å². The van der Waals surface area contributed by atoms with Crippen LogP contribution in [0.1, 0.15) is 12.0 Å². The predicted molar refractivity (Wildman–Crippen MR) is 121 cm³/mol. The van der Waals surface area contributed by atoms with Gasteiger partial charge >= 0.3 is 6.03 Å². The summed E-state index contributed by atoms with van der Waals surface area (Å²) in [5.74, 6) is -0.467. The molecule has 168 valence electrons. The van der Waals surface area contributed by atoms with Crippen LogP contribution in [0.3, 0.4) is 0 Å². The van der Waals surface area contributed by atoms with E-state index in [4.69, 9.17) is 27.9 Å². The van der Waals surface area contributed by atoms with E-state index >= 15 is 0 Å². The molecular weight excluding hydrogens is 455 g/mol. The van der Waals surface area contributed by atoms with Gasteiger partial charge in [0.15, 0.2) is 0 Å². The summed E-state index contributed by atoms with van der Waals surface area (Å²) < 4.78 is 5.64. The highest BCUT2D eigenvalue weighted by molar-refractivity contribution is 6.43. The molecule has 0 aliphatic carbocycles. The van der Waals surface area contributed by atoms with Crippen molar-refractivity contribution in [2.75, 3.05) is 18.5 Å². The van der Waals surface area contributed by atoms with Crippen molar-refractivity contribution in [3.63, 3.8) is 0 Å². The molecular formula is C22H22Cl2N4O4. The number of amides is 4. The fourth-order valence-electron chi connectivity index (χ4n) is 3.89. The van der Waals surface area contributed by atoms with Crippen LogP contribution in [0.15, 0.2) is 48.5 Å². The van der Waals surface area contributed by atoms with Crippen LogP contribution in [0.5, 0.6) is 0 Å². The van der Waals surface area contributed by atoms with E-state index in [-0.39, 0.29) is 36.0 Å². The minimum absolute atomic E-state index is 0.0779. The summed E-state index contributed by atoms with van der Waals surface area (Å²) in [6.45, 7) is 0.664. The first-order valence-electron chi connectivity index (χ1n) is 10.2. The Morgan fingerprint density at radius 1 is 1.12 bits per heavy atom. The Kier molecular flexibility index (Phi) is 6.83. The van der Waals surface area contributed by atoms with Crippen molar-refractivity contribution in [3.8, 4) is 0 Å². The number of nitrogens with one attached hydrogen (secondary N) is 3. The Balaban J connectivity index is 1.31. The largest absolute Gasteiger partial charge is 0.374 e. The second-order valence-electron chi connectivity index (χ2n) is 7.70. The second-order valence-corrected chi connectivity index (χ2v) is 8.49. The maximum Gasteiger partial charge on any atom is 0.319 e. The van der Waals surface area contributed by atoms with Crippen molar-refractivity contribution >= 4 is 46.7 Å². The number of benzene rings is 2. The van der Waals surface area contributed by atoms with Crippen molar-refractivity contribution in [1.82, 2.24) is 15.5 Å². The molecule has 2 aliphatic rings. The number of nitrogens with zero attached hydrogens (tertiary/aromatic N) is 1. The maximum atomic E-state index is 12.9. The van der Waals surface area contributed by atoms with Crippen molar-refractivity contribution in [2.24, 2.45) is 0 Å².